The Bertz CT molecular complexity index is 910. The zero-order chi connectivity index (χ0) is 17.9. The second-order valence-corrected chi connectivity index (χ2v) is 7.21. The molecule has 2 heterocycles. The first-order valence-corrected chi connectivity index (χ1v) is 9.22. The number of aromatic nitrogens is 1. The Morgan fingerprint density at radius 2 is 1.77 bits per heavy atom. The first-order valence-electron chi connectivity index (χ1n) is 8.41. The lowest BCUT2D eigenvalue weighted by molar-refractivity contribution is -0.128. The van der Waals surface area contributed by atoms with E-state index in [-0.39, 0.29) is 12.0 Å². The highest BCUT2D eigenvalue weighted by Crippen LogP contribution is 2.34. The van der Waals surface area contributed by atoms with Crippen molar-refractivity contribution in [3.8, 4) is 11.5 Å². The number of thiazole rings is 1. The predicted molar refractivity (Wildman–Crippen MR) is 101 cm³/mol. The maximum Gasteiger partial charge on any atom is 0.271 e. The van der Waals surface area contributed by atoms with Crippen molar-refractivity contribution in [2.24, 2.45) is 0 Å². The highest BCUT2D eigenvalue weighted by molar-refractivity contribution is 7.15. The van der Waals surface area contributed by atoms with E-state index in [2.05, 4.69) is 22.4 Å². The summed E-state index contributed by atoms with van der Waals surface area (Å²) in [6.07, 6.45) is 1.49. The minimum atomic E-state index is -0.716. The zero-order valence-electron chi connectivity index (χ0n) is 14.2. The average Bonchev–Trinajstić information content (AvgIpc) is 3.08. The first kappa shape index (κ1) is 16.6. The van der Waals surface area contributed by atoms with Gasteiger partial charge in [-0.1, -0.05) is 42.5 Å². The summed E-state index contributed by atoms with van der Waals surface area (Å²) in [6.45, 7) is 1.82. The number of para-hydroxylation sites is 2. The third-order valence-corrected chi connectivity index (χ3v) is 5.02. The van der Waals surface area contributed by atoms with Crippen LogP contribution < -0.4 is 14.8 Å². The first-order chi connectivity index (χ1) is 12.7. The Labute approximate surface area is 155 Å². The van der Waals surface area contributed by atoms with Gasteiger partial charge in [0.25, 0.3) is 5.91 Å². The molecule has 0 bridgehead atoms. The summed E-state index contributed by atoms with van der Waals surface area (Å²) in [5, 5.41) is 3.41. The van der Waals surface area contributed by atoms with Gasteiger partial charge in [-0.05, 0) is 24.6 Å². The number of carbonyl (C=O) groups is 1. The Balaban J connectivity index is 1.42. The van der Waals surface area contributed by atoms with E-state index in [0.29, 0.717) is 16.6 Å². The van der Waals surface area contributed by atoms with Gasteiger partial charge in [0, 0.05) is 17.5 Å². The molecule has 0 aliphatic carbocycles. The van der Waals surface area contributed by atoms with Crippen LogP contribution in [0.2, 0.25) is 0 Å². The van der Waals surface area contributed by atoms with Crippen LogP contribution in [0.5, 0.6) is 11.5 Å². The Morgan fingerprint density at radius 3 is 2.54 bits per heavy atom. The third-order valence-electron chi connectivity index (χ3n) is 4.11. The molecule has 1 N–H and O–H groups in total. The normalized spacial score (nSPS) is 18.3. The number of anilines is 1. The van der Waals surface area contributed by atoms with Gasteiger partial charge < -0.3 is 9.47 Å². The molecule has 2 aromatic carbocycles. The molecule has 132 valence electrons. The summed E-state index contributed by atoms with van der Waals surface area (Å²) in [5.41, 5.74) is 1.21. The molecule has 5 nitrogen and oxygen atoms in total. The molecule has 1 aromatic heterocycles. The molecule has 6 heteroatoms. The second-order valence-electron chi connectivity index (χ2n) is 6.09. The van der Waals surface area contributed by atoms with Crippen molar-refractivity contribution in [1.29, 1.82) is 0 Å². The molecule has 1 aliphatic heterocycles. The van der Waals surface area contributed by atoms with Gasteiger partial charge in [0.15, 0.2) is 16.6 Å². The number of nitrogens with zero attached hydrogens (tertiary/aromatic N) is 1. The number of amides is 1. The molecule has 0 unspecified atom stereocenters. The molecule has 0 saturated carbocycles. The highest BCUT2D eigenvalue weighted by Gasteiger charge is 2.34. The van der Waals surface area contributed by atoms with Crippen molar-refractivity contribution in [3.05, 3.63) is 71.2 Å². The van der Waals surface area contributed by atoms with Crippen LogP contribution in [0.15, 0.2) is 60.8 Å². The Hall–Kier alpha value is -2.86. The Morgan fingerprint density at radius 1 is 1.08 bits per heavy atom. The van der Waals surface area contributed by atoms with Gasteiger partial charge >= 0.3 is 0 Å². The molecule has 1 amide bonds. The van der Waals surface area contributed by atoms with Crippen molar-refractivity contribution >= 4 is 22.4 Å². The average molecular weight is 366 g/mol. The SMILES string of the molecule is C[C@@H]1Oc2ccccc2O[C@H]1C(=O)Nc1ncc(Cc2ccccc2)s1. The summed E-state index contributed by atoms with van der Waals surface area (Å²) in [5.74, 6) is 0.978. The van der Waals surface area contributed by atoms with Crippen molar-refractivity contribution in [2.75, 3.05) is 5.32 Å². The van der Waals surface area contributed by atoms with E-state index in [1.54, 1.807) is 12.3 Å². The summed E-state index contributed by atoms with van der Waals surface area (Å²) in [4.78, 5) is 18.0. The summed E-state index contributed by atoms with van der Waals surface area (Å²) in [6, 6.07) is 17.5. The van der Waals surface area contributed by atoms with E-state index in [4.69, 9.17) is 9.47 Å². The van der Waals surface area contributed by atoms with Crippen molar-refractivity contribution in [3.63, 3.8) is 0 Å². The summed E-state index contributed by atoms with van der Waals surface area (Å²) in [7, 11) is 0. The summed E-state index contributed by atoms with van der Waals surface area (Å²) < 4.78 is 11.6. The fourth-order valence-corrected chi connectivity index (χ4v) is 3.68. The number of hydrogen-bond donors (Lipinski definition) is 1. The van der Waals surface area contributed by atoms with Crippen LogP contribution in [-0.4, -0.2) is 23.1 Å². The van der Waals surface area contributed by atoms with E-state index < -0.39 is 6.10 Å². The van der Waals surface area contributed by atoms with Crippen molar-refractivity contribution in [2.45, 2.75) is 25.6 Å². The predicted octanol–water partition coefficient (Wildman–Crippen LogP) is 3.90. The van der Waals surface area contributed by atoms with Gasteiger partial charge in [-0.2, -0.15) is 0 Å². The lowest BCUT2D eigenvalue weighted by Crippen LogP contribution is -2.46. The monoisotopic (exact) mass is 366 g/mol. The topological polar surface area (TPSA) is 60.5 Å². The minimum Gasteiger partial charge on any atom is -0.482 e. The van der Waals surface area contributed by atoms with E-state index >= 15 is 0 Å². The number of fused-ring (bicyclic) bond motifs is 1. The lowest BCUT2D eigenvalue weighted by atomic mass is 10.1. The maximum atomic E-state index is 12.6. The molecule has 26 heavy (non-hydrogen) atoms. The number of rotatable bonds is 4. The molecule has 0 saturated heterocycles. The van der Waals surface area contributed by atoms with E-state index in [1.165, 1.54) is 16.9 Å². The number of carbonyl (C=O) groups excluding carboxylic acids is 1. The van der Waals surface area contributed by atoms with Gasteiger partial charge in [0.2, 0.25) is 6.10 Å². The van der Waals surface area contributed by atoms with E-state index in [1.807, 2.05) is 43.3 Å². The quantitative estimate of drug-likeness (QED) is 0.761. The molecule has 0 spiro atoms. The summed E-state index contributed by atoms with van der Waals surface area (Å²) >= 11 is 1.47. The molecule has 1 aliphatic rings. The van der Waals surface area contributed by atoms with Crippen LogP contribution in [-0.2, 0) is 11.2 Å². The smallest absolute Gasteiger partial charge is 0.271 e. The zero-order valence-corrected chi connectivity index (χ0v) is 15.0. The van der Waals surface area contributed by atoms with Crippen LogP contribution in [0, 0.1) is 0 Å². The van der Waals surface area contributed by atoms with E-state index in [0.717, 1.165) is 11.3 Å². The number of ether oxygens (including phenoxy) is 2. The van der Waals surface area contributed by atoms with Crippen molar-refractivity contribution in [1.82, 2.24) is 4.98 Å². The van der Waals surface area contributed by atoms with Gasteiger partial charge in [-0.25, -0.2) is 4.98 Å². The lowest BCUT2D eigenvalue weighted by Gasteiger charge is -2.30. The molecular weight excluding hydrogens is 348 g/mol. The van der Waals surface area contributed by atoms with Gasteiger partial charge in [0.05, 0.1) is 0 Å². The molecule has 4 rings (SSSR count). The molecule has 3 aromatic rings. The van der Waals surface area contributed by atoms with Crippen LogP contribution in [0.25, 0.3) is 0 Å². The van der Waals surface area contributed by atoms with Crippen LogP contribution in [0.4, 0.5) is 5.13 Å². The van der Waals surface area contributed by atoms with Gasteiger partial charge in [-0.15, -0.1) is 11.3 Å². The number of nitrogens with one attached hydrogen (secondary N) is 1. The third kappa shape index (κ3) is 3.55. The Kier molecular flexibility index (Phi) is 4.58. The van der Waals surface area contributed by atoms with E-state index in [9.17, 15) is 4.79 Å². The largest absolute Gasteiger partial charge is 0.482 e. The standard InChI is InChI=1S/C20H18N2O3S/c1-13-18(25-17-10-6-5-9-16(17)24-13)19(23)22-20-21-12-15(26-20)11-14-7-3-2-4-8-14/h2-10,12-13,18H,11H2,1H3,(H,21,22,23)/t13-,18+/m0/s1. The van der Waals surface area contributed by atoms with Crippen LogP contribution in [0.3, 0.4) is 0 Å². The minimum absolute atomic E-state index is 0.257. The van der Waals surface area contributed by atoms with Gasteiger partial charge in [-0.3, -0.25) is 10.1 Å². The van der Waals surface area contributed by atoms with Crippen LogP contribution in [0.1, 0.15) is 17.4 Å². The second kappa shape index (κ2) is 7.17. The molecular formula is C20H18N2O3S. The highest BCUT2D eigenvalue weighted by atomic mass is 32.1. The van der Waals surface area contributed by atoms with Crippen molar-refractivity contribution < 1.29 is 14.3 Å². The maximum absolute atomic E-state index is 12.6. The van der Waals surface area contributed by atoms with Gasteiger partial charge in [0.1, 0.15) is 6.10 Å². The molecule has 0 fully saturated rings. The number of benzene rings is 2. The fraction of sp³-hybridized carbons (Fsp3) is 0.200. The molecule has 2 atom stereocenters. The fourth-order valence-electron chi connectivity index (χ4n) is 2.83. The number of hydrogen-bond acceptors (Lipinski definition) is 5. The van der Waals surface area contributed by atoms with Crippen LogP contribution >= 0.6 is 11.3 Å². The molecule has 0 radical (unpaired) electrons.